The standard InChI is InChI=1S/C18H24N2S/c1-20-14-6-7-15(20)9-12(8-14)17(19)10-13-11-21-18-5-3-2-4-16(13)18/h2-5,11-12,14-15,17H,6-10,19H2,1H3. The van der Waals surface area contributed by atoms with E-state index < -0.39 is 0 Å². The van der Waals surface area contributed by atoms with Crippen LogP contribution in [0.5, 0.6) is 0 Å². The molecule has 2 fully saturated rings. The number of thiophene rings is 1. The largest absolute Gasteiger partial charge is 0.327 e. The quantitative estimate of drug-likeness (QED) is 0.937. The highest BCUT2D eigenvalue weighted by Gasteiger charge is 2.40. The molecule has 2 saturated heterocycles. The van der Waals surface area contributed by atoms with E-state index in [0.29, 0.717) is 12.0 Å². The molecule has 112 valence electrons. The summed E-state index contributed by atoms with van der Waals surface area (Å²) in [5, 5.41) is 3.72. The molecule has 1 aromatic heterocycles. The molecule has 2 nitrogen and oxygen atoms in total. The molecule has 0 saturated carbocycles. The predicted molar refractivity (Wildman–Crippen MR) is 90.8 cm³/mol. The number of piperidine rings is 1. The summed E-state index contributed by atoms with van der Waals surface area (Å²) in [6.07, 6.45) is 6.40. The fourth-order valence-corrected chi connectivity index (χ4v) is 5.39. The smallest absolute Gasteiger partial charge is 0.0345 e. The SMILES string of the molecule is CN1C2CCC1CC(C(N)Cc1csc3ccccc13)C2. The number of nitrogens with two attached hydrogens (primary N) is 1. The molecule has 21 heavy (non-hydrogen) atoms. The Hall–Kier alpha value is -0.900. The Kier molecular flexibility index (Phi) is 3.52. The van der Waals surface area contributed by atoms with Crippen molar-refractivity contribution in [2.45, 2.75) is 50.2 Å². The second-order valence-corrected chi connectivity index (χ2v) is 7.82. The summed E-state index contributed by atoms with van der Waals surface area (Å²) >= 11 is 1.85. The zero-order valence-corrected chi connectivity index (χ0v) is 13.5. The lowest BCUT2D eigenvalue weighted by molar-refractivity contribution is 0.120. The minimum atomic E-state index is 0.319. The van der Waals surface area contributed by atoms with Gasteiger partial charge in [0, 0.05) is 22.8 Å². The lowest BCUT2D eigenvalue weighted by Gasteiger charge is -2.38. The summed E-state index contributed by atoms with van der Waals surface area (Å²) < 4.78 is 1.39. The third kappa shape index (κ3) is 2.41. The highest BCUT2D eigenvalue weighted by atomic mass is 32.1. The molecule has 1 aromatic carbocycles. The minimum absolute atomic E-state index is 0.319. The van der Waals surface area contributed by atoms with Crippen molar-refractivity contribution in [3.8, 4) is 0 Å². The molecule has 0 radical (unpaired) electrons. The van der Waals surface area contributed by atoms with Gasteiger partial charge in [-0.2, -0.15) is 0 Å². The summed E-state index contributed by atoms with van der Waals surface area (Å²) in [6.45, 7) is 0. The summed E-state index contributed by atoms with van der Waals surface area (Å²) in [6, 6.07) is 10.6. The number of rotatable bonds is 3. The van der Waals surface area contributed by atoms with Crippen LogP contribution in [0.1, 0.15) is 31.2 Å². The van der Waals surface area contributed by atoms with Crippen LogP contribution in [-0.4, -0.2) is 30.1 Å². The van der Waals surface area contributed by atoms with E-state index >= 15 is 0 Å². The van der Waals surface area contributed by atoms with Gasteiger partial charge in [0.05, 0.1) is 0 Å². The third-order valence-electron chi connectivity index (χ3n) is 5.76. The van der Waals surface area contributed by atoms with Gasteiger partial charge in [-0.1, -0.05) is 18.2 Å². The van der Waals surface area contributed by atoms with Gasteiger partial charge in [0.15, 0.2) is 0 Å². The first-order valence-corrected chi connectivity index (χ1v) is 9.03. The molecule has 2 aliphatic heterocycles. The normalized spacial score (nSPS) is 30.9. The van der Waals surface area contributed by atoms with E-state index in [1.54, 1.807) is 0 Å². The lowest BCUT2D eigenvalue weighted by atomic mass is 9.83. The molecule has 2 aliphatic rings. The van der Waals surface area contributed by atoms with Crippen molar-refractivity contribution in [2.75, 3.05) is 7.05 Å². The van der Waals surface area contributed by atoms with Crippen LogP contribution in [0.25, 0.3) is 10.1 Å². The number of nitrogens with zero attached hydrogens (tertiary/aromatic N) is 1. The molecule has 3 heteroatoms. The second-order valence-electron chi connectivity index (χ2n) is 6.91. The van der Waals surface area contributed by atoms with Gasteiger partial charge in [-0.25, -0.2) is 0 Å². The van der Waals surface area contributed by atoms with Gasteiger partial charge in [0.25, 0.3) is 0 Å². The Morgan fingerprint density at radius 2 is 1.95 bits per heavy atom. The molecule has 2 N–H and O–H groups in total. The van der Waals surface area contributed by atoms with Gasteiger partial charge in [-0.05, 0) is 67.5 Å². The third-order valence-corrected chi connectivity index (χ3v) is 6.77. The van der Waals surface area contributed by atoms with Crippen LogP contribution in [-0.2, 0) is 6.42 Å². The van der Waals surface area contributed by atoms with Crippen LogP contribution in [0.4, 0.5) is 0 Å². The molecule has 4 rings (SSSR count). The van der Waals surface area contributed by atoms with E-state index in [-0.39, 0.29) is 0 Å². The molecule has 2 bridgehead atoms. The molecule has 0 spiro atoms. The summed E-state index contributed by atoms with van der Waals surface area (Å²) in [4.78, 5) is 2.60. The van der Waals surface area contributed by atoms with Gasteiger partial charge in [-0.3, -0.25) is 0 Å². The van der Waals surface area contributed by atoms with Gasteiger partial charge >= 0.3 is 0 Å². The molecule has 3 atom stereocenters. The van der Waals surface area contributed by atoms with Crippen LogP contribution in [0, 0.1) is 5.92 Å². The van der Waals surface area contributed by atoms with Crippen LogP contribution < -0.4 is 5.73 Å². The van der Waals surface area contributed by atoms with E-state index in [0.717, 1.165) is 18.5 Å². The Bertz CT molecular complexity index is 621. The molecule has 0 aliphatic carbocycles. The molecule has 2 aromatic rings. The van der Waals surface area contributed by atoms with Crippen molar-refractivity contribution in [1.29, 1.82) is 0 Å². The number of fused-ring (bicyclic) bond motifs is 3. The Morgan fingerprint density at radius 1 is 1.24 bits per heavy atom. The van der Waals surface area contributed by atoms with Crippen LogP contribution >= 0.6 is 11.3 Å². The Balaban J connectivity index is 1.50. The van der Waals surface area contributed by atoms with Crippen molar-refractivity contribution in [3.63, 3.8) is 0 Å². The van der Waals surface area contributed by atoms with Crippen molar-refractivity contribution < 1.29 is 0 Å². The zero-order chi connectivity index (χ0) is 14.4. The van der Waals surface area contributed by atoms with Crippen LogP contribution in [0.3, 0.4) is 0 Å². The highest BCUT2D eigenvalue weighted by molar-refractivity contribution is 7.17. The van der Waals surface area contributed by atoms with Gasteiger partial charge < -0.3 is 10.6 Å². The highest BCUT2D eigenvalue weighted by Crippen LogP contribution is 2.39. The number of hydrogen-bond donors (Lipinski definition) is 1. The number of benzene rings is 1. The lowest BCUT2D eigenvalue weighted by Crippen LogP contribution is -2.46. The minimum Gasteiger partial charge on any atom is -0.327 e. The molecular formula is C18H24N2S. The van der Waals surface area contributed by atoms with E-state index in [2.05, 4.69) is 41.6 Å². The summed E-state index contributed by atoms with van der Waals surface area (Å²) in [7, 11) is 2.30. The van der Waals surface area contributed by atoms with Crippen molar-refractivity contribution in [1.82, 2.24) is 4.90 Å². The molecule has 3 heterocycles. The first-order valence-electron chi connectivity index (χ1n) is 8.15. The monoisotopic (exact) mass is 300 g/mol. The van der Waals surface area contributed by atoms with E-state index in [4.69, 9.17) is 5.73 Å². The first kappa shape index (κ1) is 13.7. The van der Waals surface area contributed by atoms with Gasteiger partial charge in [0.1, 0.15) is 0 Å². The molecule has 0 amide bonds. The van der Waals surface area contributed by atoms with Crippen molar-refractivity contribution in [3.05, 3.63) is 35.2 Å². The Labute approximate surface area is 130 Å². The second kappa shape index (κ2) is 5.38. The van der Waals surface area contributed by atoms with Crippen molar-refractivity contribution in [2.24, 2.45) is 11.7 Å². The predicted octanol–water partition coefficient (Wildman–Crippen LogP) is 3.64. The average Bonchev–Trinajstić information content (AvgIpc) is 2.96. The molecular weight excluding hydrogens is 276 g/mol. The van der Waals surface area contributed by atoms with Crippen LogP contribution in [0.15, 0.2) is 29.6 Å². The first-order chi connectivity index (χ1) is 10.2. The van der Waals surface area contributed by atoms with Gasteiger partial charge in [0.2, 0.25) is 0 Å². The molecule has 3 unspecified atom stereocenters. The Morgan fingerprint density at radius 3 is 2.71 bits per heavy atom. The van der Waals surface area contributed by atoms with E-state index in [9.17, 15) is 0 Å². The topological polar surface area (TPSA) is 29.3 Å². The van der Waals surface area contributed by atoms with Gasteiger partial charge in [-0.15, -0.1) is 11.3 Å². The maximum absolute atomic E-state index is 6.61. The summed E-state index contributed by atoms with van der Waals surface area (Å²) in [5.74, 6) is 0.706. The summed E-state index contributed by atoms with van der Waals surface area (Å²) in [5.41, 5.74) is 8.07. The maximum atomic E-state index is 6.61. The van der Waals surface area contributed by atoms with E-state index in [1.165, 1.54) is 41.3 Å². The zero-order valence-electron chi connectivity index (χ0n) is 12.7. The maximum Gasteiger partial charge on any atom is 0.0345 e. The number of hydrogen-bond acceptors (Lipinski definition) is 3. The van der Waals surface area contributed by atoms with Crippen LogP contribution in [0.2, 0.25) is 0 Å². The fraction of sp³-hybridized carbons (Fsp3) is 0.556. The fourth-order valence-electron chi connectivity index (χ4n) is 4.41. The van der Waals surface area contributed by atoms with E-state index in [1.807, 2.05) is 11.3 Å². The average molecular weight is 300 g/mol. The van der Waals surface area contributed by atoms with Crippen molar-refractivity contribution >= 4 is 21.4 Å².